The molecule has 0 saturated carbocycles. The van der Waals surface area contributed by atoms with E-state index in [1.54, 1.807) is 18.0 Å². The number of halogens is 1. The van der Waals surface area contributed by atoms with Gasteiger partial charge in [-0.1, -0.05) is 6.92 Å². The second kappa shape index (κ2) is 4.67. The number of hydrogen-bond donors (Lipinski definition) is 1. The average molecular weight is 248 g/mol. The van der Waals surface area contributed by atoms with Gasteiger partial charge in [-0.15, -0.1) is 11.8 Å². The SMILES string of the molecule is CCCSc1nc(N)ncc1Br. The summed E-state index contributed by atoms with van der Waals surface area (Å²) in [6.45, 7) is 2.13. The quantitative estimate of drug-likeness (QED) is 0.658. The zero-order chi connectivity index (χ0) is 8.97. The highest BCUT2D eigenvalue weighted by Crippen LogP contribution is 2.25. The third kappa shape index (κ3) is 2.64. The highest BCUT2D eigenvalue weighted by molar-refractivity contribution is 9.10. The molecule has 0 aromatic carbocycles. The minimum atomic E-state index is 0.330. The van der Waals surface area contributed by atoms with Gasteiger partial charge >= 0.3 is 0 Å². The van der Waals surface area contributed by atoms with Crippen LogP contribution in [0.25, 0.3) is 0 Å². The molecule has 1 aromatic heterocycles. The van der Waals surface area contributed by atoms with Crippen LogP contribution in [0.4, 0.5) is 5.95 Å². The van der Waals surface area contributed by atoms with E-state index in [1.807, 2.05) is 0 Å². The van der Waals surface area contributed by atoms with Crippen LogP contribution in [0.1, 0.15) is 13.3 Å². The second-order valence-electron chi connectivity index (χ2n) is 2.23. The largest absolute Gasteiger partial charge is 0.368 e. The topological polar surface area (TPSA) is 51.8 Å². The summed E-state index contributed by atoms with van der Waals surface area (Å²) in [5, 5.41) is 0.921. The highest BCUT2D eigenvalue weighted by Gasteiger charge is 2.02. The van der Waals surface area contributed by atoms with Crippen LogP contribution < -0.4 is 5.73 Å². The lowest BCUT2D eigenvalue weighted by Crippen LogP contribution is -1.95. The Morgan fingerprint density at radius 2 is 2.42 bits per heavy atom. The lowest BCUT2D eigenvalue weighted by molar-refractivity contribution is 1.03. The summed E-state index contributed by atoms with van der Waals surface area (Å²) in [6, 6.07) is 0. The zero-order valence-corrected chi connectivity index (χ0v) is 9.15. The van der Waals surface area contributed by atoms with E-state index in [0.717, 1.165) is 21.7 Å². The third-order valence-corrected chi connectivity index (χ3v) is 3.21. The van der Waals surface area contributed by atoms with Crippen LogP contribution in [0, 0.1) is 0 Å². The average Bonchev–Trinajstić information content (AvgIpc) is 2.07. The van der Waals surface area contributed by atoms with Crippen molar-refractivity contribution in [3.63, 3.8) is 0 Å². The molecule has 0 atom stereocenters. The monoisotopic (exact) mass is 247 g/mol. The molecule has 0 fully saturated rings. The molecule has 0 bridgehead atoms. The number of nitrogens with two attached hydrogens (primary N) is 1. The van der Waals surface area contributed by atoms with E-state index in [4.69, 9.17) is 5.73 Å². The molecule has 1 aromatic rings. The molecule has 0 unspecified atom stereocenters. The number of nitrogens with zero attached hydrogens (tertiary/aromatic N) is 2. The maximum atomic E-state index is 5.44. The fraction of sp³-hybridized carbons (Fsp3) is 0.429. The van der Waals surface area contributed by atoms with E-state index in [1.165, 1.54) is 0 Å². The number of thioether (sulfide) groups is 1. The molecular weight excluding hydrogens is 238 g/mol. The zero-order valence-electron chi connectivity index (χ0n) is 6.75. The molecule has 0 saturated heterocycles. The molecule has 5 heteroatoms. The molecule has 0 aliphatic heterocycles. The number of aromatic nitrogens is 2. The van der Waals surface area contributed by atoms with E-state index in [-0.39, 0.29) is 0 Å². The fourth-order valence-electron chi connectivity index (χ4n) is 0.664. The number of anilines is 1. The molecule has 0 radical (unpaired) electrons. The first-order valence-corrected chi connectivity index (χ1v) is 5.42. The maximum absolute atomic E-state index is 5.44. The number of nitrogen functional groups attached to an aromatic ring is 1. The Balaban J connectivity index is 2.75. The molecule has 12 heavy (non-hydrogen) atoms. The Labute approximate surface area is 84.3 Å². The summed E-state index contributed by atoms with van der Waals surface area (Å²) in [6.07, 6.45) is 2.81. The van der Waals surface area contributed by atoms with Crippen molar-refractivity contribution in [2.24, 2.45) is 0 Å². The van der Waals surface area contributed by atoms with Crippen LogP contribution in [-0.2, 0) is 0 Å². The van der Waals surface area contributed by atoms with E-state index >= 15 is 0 Å². The Bertz CT molecular complexity index is 267. The van der Waals surface area contributed by atoms with Crippen LogP contribution in [0.3, 0.4) is 0 Å². The van der Waals surface area contributed by atoms with Gasteiger partial charge < -0.3 is 5.73 Å². The van der Waals surface area contributed by atoms with Crippen LogP contribution in [0.5, 0.6) is 0 Å². The predicted molar refractivity (Wildman–Crippen MR) is 55.2 cm³/mol. The molecular formula is C7H10BrN3S. The van der Waals surface area contributed by atoms with Gasteiger partial charge in [0, 0.05) is 6.20 Å². The Morgan fingerprint density at radius 3 is 3.08 bits per heavy atom. The van der Waals surface area contributed by atoms with E-state index < -0.39 is 0 Å². The number of hydrogen-bond acceptors (Lipinski definition) is 4. The van der Waals surface area contributed by atoms with Crippen molar-refractivity contribution in [1.82, 2.24) is 9.97 Å². The van der Waals surface area contributed by atoms with Crippen molar-refractivity contribution in [3.8, 4) is 0 Å². The first-order valence-electron chi connectivity index (χ1n) is 3.65. The predicted octanol–water partition coefficient (Wildman–Crippen LogP) is 2.32. The standard InChI is InChI=1S/C7H10BrN3S/c1-2-3-12-6-5(8)4-10-7(9)11-6/h4H,2-3H2,1H3,(H2,9,10,11). The molecule has 66 valence electrons. The van der Waals surface area contributed by atoms with Crippen LogP contribution >= 0.6 is 27.7 Å². The normalized spacial score (nSPS) is 10.2. The van der Waals surface area contributed by atoms with Gasteiger partial charge in [0.1, 0.15) is 5.03 Å². The van der Waals surface area contributed by atoms with Crippen molar-refractivity contribution in [1.29, 1.82) is 0 Å². The summed E-state index contributed by atoms with van der Waals surface area (Å²) in [7, 11) is 0. The van der Waals surface area contributed by atoms with Crippen molar-refractivity contribution in [3.05, 3.63) is 10.7 Å². The number of rotatable bonds is 3. The molecule has 0 spiro atoms. The van der Waals surface area contributed by atoms with E-state index in [0.29, 0.717) is 5.95 Å². The first kappa shape index (κ1) is 9.80. The van der Waals surface area contributed by atoms with Gasteiger partial charge in [0.2, 0.25) is 5.95 Å². The summed E-state index contributed by atoms with van der Waals surface area (Å²) < 4.78 is 0.912. The van der Waals surface area contributed by atoms with Gasteiger partial charge in [-0.05, 0) is 28.1 Å². The van der Waals surface area contributed by atoms with Crippen molar-refractivity contribution >= 4 is 33.6 Å². The van der Waals surface area contributed by atoms with Gasteiger partial charge in [0.15, 0.2) is 0 Å². The molecule has 3 nitrogen and oxygen atoms in total. The summed E-state index contributed by atoms with van der Waals surface area (Å²) in [5.74, 6) is 1.38. The van der Waals surface area contributed by atoms with E-state index in [2.05, 4.69) is 32.8 Å². The van der Waals surface area contributed by atoms with Gasteiger partial charge in [-0.3, -0.25) is 0 Å². The lowest BCUT2D eigenvalue weighted by atomic mass is 10.6. The Kier molecular flexibility index (Phi) is 3.81. The van der Waals surface area contributed by atoms with Crippen LogP contribution in [0.15, 0.2) is 15.7 Å². The maximum Gasteiger partial charge on any atom is 0.221 e. The highest BCUT2D eigenvalue weighted by atomic mass is 79.9. The molecule has 0 aliphatic rings. The third-order valence-electron chi connectivity index (χ3n) is 1.17. The van der Waals surface area contributed by atoms with Crippen molar-refractivity contribution < 1.29 is 0 Å². The smallest absolute Gasteiger partial charge is 0.221 e. The minimum absolute atomic E-state index is 0.330. The van der Waals surface area contributed by atoms with Gasteiger partial charge in [0.05, 0.1) is 4.47 Å². The lowest BCUT2D eigenvalue weighted by Gasteiger charge is -2.01. The molecule has 1 rings (SSSR count). The molecule has 0 amide bonds. The fourth-order valence-corrected chi connectivity index (χ4v) is 1.94. The summed E-state index contributed by atoms with van der Waals surface area (Å²) in [4.78, 5) is 7.95. The molecule has 0 aliphatic carbocycles. The van der Waals surface area contributed by atoms with Crippen molar-refractivity contribution in [2.45, 2.75) is 18.4 Å². The minimum Gasteiger partial charge on any atom is -0.368 e. The summed E-state index contributed by atoms with van der Waals surface area (Å²) >= 11 is 5.04. The molecule has 1 heterocycles. The first-order chi connectivity index (χ1) is 5.74. The van der Waals surface area contributed by atoms with Crippen LogP contribution in [-0.4, -0.2) is 15.7 Å². The van der Waals surface area contributed by atoms with Gasteiger partial charge in [-0.2, -0.15) is 0 Å². The second-order valence-corrected chi connectivity index (χ2v) is 4.17. The van der Waals surface area contributed by atoms with Gasteiger partial charge in [-0.25, -0.2) is 9.97 Å². The Hall–Kier alpha value is -0.290. The summed E-state index contributed by atoms with van der Waals surface area (Å²) in [5.41, 5.74) is 5.44. The van der Waals surface area contributed by atoms with Crippen LogP contribution in [0.2, 0.25) is 0 Å². The van der Waals surface area contributed by atoms with Crippen molar-refractivity contribution in [2.75, 3.05) is 11.5 Å². The Morgan fingerprint density at radius 1 is 1.67 bits per heavy atom. The van der Waals surface area contributed by atoms with Gasteiger partial charge in [0.25, 0.3) is 0 Å². The molecule has 2 N–H and O–H groups in total. The van der Waals surface area contributed by atoms with E-state index in [9.17, 15) is 0 Å².